The van der Waals surface area contributed by atoms with E-state index >= 15 is 0 Å². The van der Waals surface area contributed by atoms with E-state index in [4.69, 9.17) is 28.8 Å². The molecule has 104 valence electrons. The highest BCUT2D eigenvalue weighted by molar-refractivity contribution is 8.00. The highest BCUT2D eigenvalue weighted by Crippen LogP contribution is 2.41. The highest BCUT2D eigenvalue weighted by Gasteiger charge is 2.30. The highest BCUT2D eigenvalue weighted by atomic mass is 35.5. The lowest BCUT2D eigenvalue weighted by Crippen LogP contribution is -2.26. The molecular formula is C9H9ClF3N5S. The summed E-state index contributed by atoms with van der Waals surface area (Å²) in [5.41, 5.74) is 11.4. The van der Waals surface area contributed by atoms with Crippen LogP contribution in [0.1, 0.15) is 0 Å². The molecule has 0 heterocycles. The topological polar surface area (TPSA) is 103 Å². The van der Waals surface area contributed by atoms with E-state index in [1.165, 1.54) is 18.2 Å². The smallest absolute Gasteiger partial charge is 0.370 e. The number of nitrogens with two attached hydrogens (primary N) is 3. The molecule has 0 aliphatic rings. The molecule has 0 aliphatic heterocycles. The maximum absolute atomic E-state index is 12.2. The van der Waals surface area contributed by atoms with E-state index in [0.717, 1.165) is 0 Å². The van der Waals surface area contributed by atoms with E-state index in [1.807, 2.05) is 0 Å². The zero-order valence-electron chi connectivity index (χ0n) is 9.28. The predicted molar refractivity (Wildman–Crippen MR) is 70.5 cm³/mol. The zero-order valence-corrected chi connectivity index (χ0v) is 10.9. The van der Waals surface area contributed by atoms with Gasteiger partial charge in [-0.1, -0.05) is 11.6 Å². The van der Waals surface area contributed by atoms with Crippen LogP contribution in [0.5, 0.6) is 0 Å². The minimum Gasteiger partial charge on any atom is -0.370 e. The summed E-state index contributed by atoms with van der Waals surface area (Å²) in [6.07, 6.45) is 0. The van der Waals surface area contributed by atoms with Crippen LogP contribution in [0.2, 0.25) is 5.02 Å². The first-order valence-electron chi connectivity index (χ1n) is 4.66. The van der Waals surface area contributed by atoms with Gasteiger partial charge in [0.15, 0.2) is 5.96 Å². The molecule has 10 heteroatoms. The second-order valence-electron chi connectivity index (χ2n) is 3.17. The summed E-state index contributed by atoms with van der Waals surface area (Å²) in [5.74, 6) is -0.510. The Balaban J connectivity index is 2.97. The summed E-state index contributed by atoms with van der Waals surface area (Å²) in [6.45, 7) is 0. The van der Waals surface area contributed by atoms with Crippen molar-refractivity contribution in [1.82, 2.24) is 0 Å². The molecule has 0 bridgehead atoms. The van der Waals surface area contributed by atoms with Crippen LogP contribution in [0, 0.1) is 0 Å². The zero-order chi connectivity index (χ0) is 14.6. The maximum Gasteiger partial charge on any atom is 0.446 e. The third kappa shape index (κ3) is 5.71. The van der Waals surface area contributed by atoms with Crippen LogP contribution < -0.4 is 17.2 Å². The Morgan fingerprint density at radius 2 is 1.84 bits per heavy atom. The van der Waals surface area contributed by atoms with Crippen molar-refractivity contribution >= 4 is 41.0 Å². The van der Waals surface area contributed by atoms with Crippen molar-refractivity contribution in [2.24, 2.45) is 27.2 Å². The summed E-state index contributed by atoms with van der Waals surface area (Å²) < 4.78 is 36.6. The first-order chi connectivity index (χ1) is 8.67. The van der Waals surface area contributed by atoms with Crippen LogP contribution in [0.25, 0.3) is 0 Å². The summed E-state index contributed by atoms with van der Waals surface area (Å²) in [4.78, 5) is 7.09. The van der Waals surface area contributed by atoms with Crippen LogP contribution in [-0.4, -0.2) is 17.4 Å². The molecule has 1 aromatic rings. The molecular weight excluding hydrogens is 303 g/mol. The molecule has 0 amide bonds. The molecule has 5 nitrogen and oxygen atoms in total. The number of hydrogen-bond donors (Lipinski definition) is 3. The molecule has 0 saturated carbocycles. The van der Waals surface area contributed by atoms with Crippen molar-refractivity contribution in [1.29, 1.82) is 0 Å². The van der Waals surface area contributed by atoms with E-state index < -0.39 is 5.51 Å². The number of benzene rings is 1. The number of guanidine groups is 2. The fourth-order valence-corrected chi connectivity index (χ4v) is 1.89. The quantitative estimate of drug-likeness (QED) is 0.442. The number of aliphatic imine (C=N–C) groups is 2. The third-order valence-corrected chi connectivity index (χ3v) is 2.86. The van der Waals surface area contributed by atoms with Crippen molar-refractivity contribution in [2.75, 3.05) is 0 Å². The molecule has 1 aromatic carbocycles. The van der Waals surface area contributed by atoms with Gasteiger partial charge in [0.1, 0.15) is 0 Å². The average molecular weight is 312 g/mol. The lowest BCUT2D eigenvalue weighted by molar-refractivity contribution is -0.0328. The molecule has 0 aliphatic carbocycles. The normalized spacial score (nSPS) is 12.3. The number of alkyl halides is 3. The first-order valence-corrected chi connectivity index (χ1v) is 5.86. The van der Waals surface area contributed by atoms with Gasteiger partial charge in [-0.25, -0.2) is 4.99 Å². The van der Waals surface area contributed by atoms with Gasteiger partial charge in [0.05, 0.1) is 10.7 Å². The number of halogens is 4. The number of rotatable bonds is 2. The number of thioether (sulfide) groups is 1. The van der Waals surface area contributed by atoms with Gasteiger partial charge in [0, 0.05) is 4.90 Å². The summed E-state index contributed by atoms with van der Waals surface area (Å²) in [7, 11) is 0. The van der Waals surface area contributed by atoms with Gasteiger partial charge in [0.25, 0.3) is 0 Å². The van der Waals surface area contributed by atoms with Crippen molar-refractivity contribution < 1.29 is 13.2 Å². The summed E-state index contributed by atoms with van der Waals surface area (Å²) in [5, 5.41) is -0.0962. The lowest BCUT2D eigenvalue weighted by atomic mass is 10.3. The van der Waals surface area contributed by atoms with E-state index in [9.17, 15) is 13.2 Å². The minimum atomic E-state index is -4.41. The Morgan fingerprint density at radius 1 is 1.21 bits per heavy atom. The van der Waals surface area contributed by atoms with Gasteiger partial charge in [0.2, 0.25) is 5.96 Å². The number of hydrogen-bond acceptors (Lipinski definition) is 2. The van der Waals surface area contributed by atoms with Gasteiger partial charge in [-0.05, 0) is 30.0 Å². The second-order valence-corrected chi connectivity index (χ2v) is 4.68. The van der Waals surface area contributed by atoms with Gasteiger partial charge in [-0.2, -0.15) is 18.2 Å². The van der Waals surface area contributed by atoms with Crippen molar-refractivity contribution in [3.05, 3.63) is 23.2 Å². The molecule has 0 fully saturated rings. The maximum atomic E-state index is 12.2. The average Bonchev–Trinajstić information content (AvgIpc) is 2.19. The summed E-state index contributed by atoms with van der Waals surface area (Å²) in [6, 6.07) is 3.72. The Hall–Kier alpha value is -1.61. The Morgan fingerprint density at radius 3 is 2.32 bits per heavy atom. The summed E-state index contributed by atoms with van der Waals surface area (Å²) >= 11 is 5.39. The largest absolute Gasteiger partial charge is 0.446 e. The first kappa shape index (κ1) is 15.4. The standard InChI is InChI=1S/C9H9ClF3N5S/c10-5-3-4(17-8(16)18-7(14)15)1-2-6(5)19-9(11,12)13/h1-3H,(H6,14,15,16,17,18). The van der Waals surface area contributed by atoms with E-state index in [0.29, 0.717) is 0 Å². The minimum absolute atomic E-state index is 0.0962. The Bertz CT molecular complexity index is 525. The molecule has 0 saturated heterocycles. The number of nitrogens with zero attached hydrogens (tertiary/aromatic N) is 2. The Kier molecular flexibility index (Phi) is 4.90. The molecule has 6 N–H and O–H groups in total. The van der Waals surface area contributed by atoms with E-state index in [1.54, 1.807) is 0 Å². The van der Waals surface area contributed by atoms with E-state index in [-0.39, 0.29) is 39.3 Å². The Labute approximate surface area is 115 Å². The van der Waals surface area contributed by atoms with E-state index in [2.05, 4.69) is 9.98 Å². The molecule has 0 spiro atoms. The third-order valence-electron chi connectivity index (χ3n) is 1.63. The second kappa shape index (κ2) is 6.02. The van der Waals surface area contributed by atoms with Crippen molar-refractivity contribution in [3.8, 4) is 0 Å². The molecule has 19 heavy (non-hydrogen) atoms. The van der Waals surface area contributed by atoms with Crippen LogP contribution in [0.3, 0.4) is 0 Å². The van der Waals surface area contributed by atoms with Gasteiger partial charge >= 0.3 is 5.51 Å². The lowest BCUT2D eigenvalue weighted by Gasteiger charge is -2.07. The molecule has 1 rings (SSSR count). The molecule has 0 aromatic heterocycles. The van der Waals surface area contributed by atoms with Crippen LogP contribution in [-0.2, 0) is 0 Å². The molecule has 0 atom stereocenters. The van der Waals surface area contributed by atoms with Crippen LogP contribution in [0.4, 0.5) is 18.9 Å². The van der Waals surface area contributed by atoms with Gasteiger partial charge in [-0.3, -0.25) is 0 Å². The van der Waals surface area contributed by atoms with Crippen LogP contribution in [0.15, 0.2) is 33.1 Å². The fourth-order valence-electron chi connectivity index (χ4n) is 1.06. The van der Waals surface area contributed by atoms with Crippen molar-refractivity contribution in [2.45, 2.75) is 10.4 Å². The van der Waals surface area contributed by atoms with Gasteiger partial charge in [-0.15, -0.1) is 0 Å². The fraction of sp³-hybridized carbons (Fsp3) is 0.111. The van der Waals surface area contributed by atoms with Gasteiger partial charge < -0.3 is 17.2 Å². The molecule has 0 unspecified atom stereocenters. The van der Waals surface area contributed by atoms with Crippen molar-refractivity contribution in [3.63, 3.8) is 0 Å². The monoisotopic (exact) mass is 311 g/mol. The SMILES string of the molecule is NC(N)=NC(N)=Nc1ccc(SC(F)(F)F)c(Cl)c1. The predicted octanol–water partition coefficient (Wildman–Crippen LogP) is 2.17. The molecule has 0 radical (unpaired) electrons. The van der Waals surface area contributed by atoms with Crippen LogP contribution >= 0.6 is 23.4 Å².